The van der Waals surface area contributed by atoms with Crippen LogP contribution in [0.15, 0.2) is 115 Å². The molecule has 4 aromatic carbocycles. The number of aromatic nitrogens is 4. The second kappa shape index (κ2) is 19.5. The van der Waals surface area contributed by atoms with Gasteiger partial charge in [0.25, 0.3) is 5.88 Å². The zero-order valence-electron chi connectivity index (χ0n) is 37.4. The molecule has 4 aliphatic heterocycles. The normalized spacial score (nSPS) is 20.3. The summed E-state index contributed by atoms with van der Waals surface area (Å²) in [4.78, 5) is 66.0. The van der Waals surface area contributed by atoms with Crippen molar-refractivity contribution in [1.82, 2.24) is 39.5 Å². The highest BCUT2D eigenvalue weighted by atomic mass is 16.7. The van der Waals surface area contributed by atoms with Crippen LogP contribution in [-0.4, -0.2) is 102 Å². The van der Waals surface area contributed by atoms with E-state index in [9.17, 15) is 19.5 Å². The van der Waals surface area contributed by atoms with Gasteiger partial charge in [-0.05, 0) is 105 Å². The van der Waals surface area contributed by atoms with Crippen molar-refractivity contribution in [3.8, 4) is 39.5 Å². The second-order valence-corrected chi connectivity index (χ2v) is 18.2. The predicted molar refractivity (Wildman–Crippen MR) is 252 cm³/mol. The highest BCUT2D eigenvalue weighted by Crippen LogP contribution is 2.40. The highest BCUT2D eigenvalue weighted by Gasteiger charge is 2.41. The van der Waals surface area contributed by atoms with Crippen LogP contribution in [0.3, 0.4) is 0 Å². The summed E-state index contributed by atoms with van der Waals surface area (Å²) in [6.07, 6.45) is 10.5. The maximum atomic E-state index is 14.5. The topological polar surface area (TPSA) is 151 Å². The van der Waals surface area contributed by atoms with Crippen LogP contribution in [0.1, 0.15) is 111 Å². The third-order valence-corrected chi connectivity index (χ3v) is 14.1. The Labute approximate surface area is 385 Å². The molecule has 13 nitrogen and oxygen atoms in total. The number of carboxylic acid groups (broad SMARTS) is 1. The van der Waals surface area contributed by atoms with Gasteiger partial charge in [-0.1, -0.05) is 122 Å². The summed E-state index contributed by atoms with van der Waals surface area (Å²) in [5.74, 6) is 1.49. The molecule has 4 aliphatic rings. The number of likely N-dealkylation sites (tertiary alicyclic amines) is 4. The van der Waals surface area contributed by atoms with Crippen LogP contribution < -0.4 is 4.74 Å². The fourth-order valence-electron chi connectivity index (χ4n) is 10.8. The van der Waals surface area contributed by atoms with Gasteiger partial charge in [0, 0.05) is 18.7 Å². The smallest absolute Gasteiger partial charge is 0.449 e. The molecule has 6 heterocycles. The third kappa shape index (κ3) is 9.01. The molecule has 0 spiro atoms. The average molecular weight is 887 g/mol. The van der Waals surface area contributed by atoms with Gasteiger partial charge in [-0.15, -0.1) is 0 Å². The van der Waals surface area contributed by atoms with E-state index in [0.29, 0.717) is 36.6 Å². The third-order valence-electron chi connectivity index (χ3n) is 14.1. The minimum absolute atomic E-state index is 0.0356. The summed E-state index contributed by atoms with van der Waals surface area (Å²) in [5, 5.41) is 9.72. The van der Waals surface area contributed by atoms with Crippen LogP contribution in [-0.2, 0) is 9.59 Å². The van der Waals surface area contributed by atoms with E-state index in [0.717, 1.165) is 110 Å². The summed E-state index contributed by atoms with van der Waals surface area (Å²) in [6, 6.07) is 35.2. The number of piperidine rings is 2. The van der Waals surface area contributed by atoms with Gasteiger partial charge in [0.15, 0.2) is 0 Å². The van der Waals surface area contributed by atoms with E-state index in [1.807, 2.05) is 88.8 Å². The number of carbonyl (C=O) groups excluding carboxylic acids is 2. The van der Waals surface area contributed by atoms with Crippen molar-refractivity contribution in [1.29, 1.82) is 0 Å². The van der Waals surface area contributed by atoms with Crippen molar-refractivity contribution in [3.05, 3.63) is 138 Å². The quantitative estimate of drug-likeness (QED) is 0.102. The summed E-state index contributed by atoms with van der Waals surface area (Å²) in [5.41, 5.74) is 7.08. The number of nitrogens with one attached hydrogen (secondary N) is 2. The molecule has 3 N–H and O–H groups in total. The minimum atomic E-state index is -1.46. The summed E-state index contributed by atoms with van der Waals surface area (Å²) in [6.45, 7) is 4.92. The standard InChI is InChI=1S/C53H58N8O5/c62-51(46(40-15-5-1-6-16-40)58-29-9-3-10-30-58)60-33-13-19-43(60)48-54-35-42(55-48)38-25-21-36(22-26-38)37-23-27-39(28-24-37)45-50(66-53(64)65)57-49(56-45)44-20-14-34-61(44)52(63)47(41-17-7-2-8-18-41)59-31-11-4-12-32-59/h1-2,5-8,15-18,21-28,35,43-44,46-47H,3-4,9-14,19-20,29-34H2,(H,54,55)(H,56,57)(H,64,65)/t43-,44-,46+,47+/m0/s1. The molecule has 4 saturated heterocycles. The molecule has 2 amide bonds. The molecule has 0 saturated carbocycles. The van der Waals surface area contributed by atoms with E-state index in [1.165, 1.54) is 12.8 Å². The van der Waals surface area contributed by atoms with E-state index >= 15 is 0 Å². The number of imidazole rings is 2. The Bertz CT molecular complexity index is 2600. The minimum Gasteiger partial charge on any atom is -0.449 e. The second-order valence-electron chi connectivity index (χ2n) is 18.2. The Morgan fingerprint density at radius 1 is 0.545 bits per heavy atom. The maximum absolute atomic E-state index is 14.5. The molecule has 66 heavy (non-hydrogen) atoms. The fourth-order valence-corrected chi connectivity index (χ4v) is 10.8. The van der Waals surface area contributed by atoms with Gasteiger partial charge in [-0.2, -0.15) is 4.98 Å². The number of nitrogens with zero attached hydrogens (tertiary/aromatic N) is 6. The van der Waals surface area contributed by atoms with Crippen molar-refractivity contribution >= 4 is 18.0 Å². The van der Waals surface area contributed by atoms with Crippen molar-refractivity contribution in [2.45, 2.75) is 88.4 Å². The first-order valence-electron chi connectivity index (χ1n) is 23.9. The van der Waals surface area contributed by atoms with Crippen molar-refractivity contribution < 1.29 is 24.2 Å². The average Bonchev–Trinajstić information content (AvgIpc) is 4.21. The van der Waals surface area contributed by atoms with Gasteiger partial charge < -0.3 is 29.6 Å². The number of hydrogen-bond donors (Lipinski definition) is 3. The van der Waals surface area contributed by atoms with E-state index in [1.54, 1.807) is 0 Å². The largest absolute Gasteiger partial charge is 0.512 e. The molecule has 0 radical (unpaired) electrons. The summed E-state index contributed by atoms with van der Waals surface area (Å²) >= 11 is 0. The number of carbonyl (C=O) groups is 3. The molecular weight excluding hydrogens is 829 g/mol. The van der Waals surface area contributed by atoms with Crippen LogP contribution in [0, 0.1) is 0 Å². The lowest BCUT2D eigenvalue weighted by molar-refractivity contribution is -0.139. The number of benzene rings is 4. The molecule has 4 fully saturated rings. The molecule has 0 bridgehead atoms. The van der Waals surface area contributed by atoms with Crippen LogP contribution in [0.5, 0.6) is 5.88 Å². The van der Waals surface area contributed by atoms with Gasteiger partial charge >= 0.3 is 6.16 Å². The first-order chi connectivity index (χ1) is 32.4. The summed E-state index contributed by atoms with van der Waals surface area (Å²) < 4.78 is 5.26. The van der Waals surface area contributed by atoms with Gasteiger partial charge in [-0.3, -0.25) is 19.4 Å². The molecule has 13 heteroatoms. The number of aromatic amines is 2. The van der Waals surface area contributed by atoms with E-state index < -0.39 is 12.2 Å². The molecule has 340 valence electrons. The molecule has 10 rings (SSSR count). The van der Waals surface area contributed by atoms with Crippen molar-refractivity contribution in [2.24, 2.45) is 0 Å². The lowest BCUT2D eigenvalue weighted by atomic mass is 10.00. The van der Waals surface area contributed by atoms with Crippen LogP contribution in [0.25, 0.3) is 33.6 Å². The van der Waals surface area contributed by atoms with Crippen molar-refractivity contribution in [3.63, 3.8) is 0 Å². The van der Waals surface area contributed by atoms with Gasteiger partial charge in [0.05, 0.1) is 24.0 Å². The highest BCUT2D eigenvalue weighted by molar-refractivity contribution is 5.85. The Morgan fingerprint density at radius 3 is 1.52 bits per heavy atom. The SMILES string of the molecule is O=C(O)Oc1nc([C@@H]2CCCN2C(=O)[C@@H](c2ccccc2)N2CCCCC2)[nH]c1-c1ccc(-c2ccc(-c3cnc([C@@H]4CCCN4C(=O)[C@@H](c4ccccc4)N4CCCCC4)[nH]3)cc2)cc1. The number of amides is 2. The predicted octanol–water partition coefficient (Wildman–Crippen LogP) is 9.97. The first kappa shape index (κ1) is 43.3. The molecule has 0 unspecified atom stereocenters. The lowest BCUT2D eigenvalue weighted by Gasteiger charge is -2.37. The van der Waals surface area contributed by atoms with E-state index in [-0.39, 0.29) is 35.8 Å². The summed E-state index contributed by atoms with van der Waals surface area (Å²) in [7, 11) is 0. The molecule has 4 atom stereocenters. The Kier molecular flexibility index (Phi) is 12.8. The number of ether oxygens (including phenoxy) is 1. The molecular formula is C53H58N8O5. The lowest BCUT2D eigenvalue weighted by Crippen LogP contribution is -2.44. The van der Waals surface area contributed by atoms with E-state index in [2.05, 4.69) is 61.1 Å². The maximum Gasteiger partial charge on any atom is 0.512 e. The van der Waals surface area contributed by atoms with Crippen molar-refractivity contribution in [2.75, 3.05) is 39.3 Å². The Morgan fingerprint density at radius 2 is 1.02 bits per heavy atom. The molecule has 6 aromatic rings. The first-order valence-corrected chi connectivity index (χ1v) is 23.9. The fraction of sp³-hybridized carbons (Fsp3) is 0.377. The van der Waals surface area contributed by atoms with Gasteiger partial charge in [0.2, 0.25) is 11.8 Å². The van der Waals surface area contributed by atoms with Crippen LogP contribution in [0.2, 0.25) is 0 Å². The number of H-pyrrole nitrogens is 2. The van der Waals surface area contributed by atoms with Gasteiger partial charge in [-0.25, -0.2) is 9.78 Å². The van der Waals surface area contributed by atoms with Gasteiger partial charge in [0.1, 0.15) is 29.4 Å². The van der Waals surface area contributed by atoms with E-state index in [4.69, 9.17) is 9.72 Å². The molecule has 0 aliphatic carbocycles. The zero-order chi connectivity index (χ0) is 45.0. The number of hydrogen-bond acceptors (Lipinski definition) is 8. The van der Waals surface area contributed by atoms with Crippen LogP contribution >= 0.6 is 0 Å². The monoisotopic (exact) mass is 886 g/mol. The number of rotatable bonds is 12. The zero-order valence-corrected chi connectivity index (χ0v) is 37.4. The van der Waals surface area contributed by atoms with Crippen LogP contribution in [0.4, 0.5) is 4.79 Å². The Hall–Kier alpha value is -6.57. The molecule has 2 aromatic heterocycles. The Balaban J connectivity index is 0.844.